The van der Waals surface area contributed by atoms with Crippen LogP contribution in [0, 0.1) is 0 Å². The maximum atomic E-state index is 12.6. The van der Waals surface area contributed by atoms with Crippen molar-refractivity contribution in [3.8, 4) is 0 Å². The van der Waals surface area contributed by atoms with Crippen LogP contribution in [0.4, 0.5) is 0 Å². The molecule has 0 spiro atoms. The zero-order valence-corrected chi connectivity index (χ0v) is 28.0. The first-order chi connectivity index (χ1) is 22.3. The summed E-state index contributed by atoms with van der Waals surface area (Å²) >= 11 is 0. The molecule has 10 heteroatoms. The van der Waals surface area contributed by atoms with Gasteiger partial charge in [-0.1, -0.05) is 94.6 Å². The number of aliphatic hydroxyl groups is 4. The van der Waals surface area contributed by atoms with E-state index in [1.807, 2.05) is 0 Å². The lowest BCUT2D eigenvalue weighted by Crippen LogP contribution is -2.59. The maximum absolute atomic E-state index is 12.6. The van der Waals surface area contributed by atoms with E-state index in [1.165, 1.54) is 6.42 Å². The van der Waals surface area contributed by atoms with Gasteiger partial charge in [0.2, 0.25) is 0 Å². The second-order valence-electron chi connectivity index (χ2n) is 11.6. The summed E-state index contributed by atoms with van der Waals surface area (Å²) in [5.41, 5.74) is 0. The monoisotopic (exact) mass is 652 g/mol. The second kappa shape index (κ2) is 27.7. The molecule has 0 radical (unpaired) electrons. The normalized spacial score (nSPS) is 22.8. The predicted octanol–water partition coefficient (Wildman–Crippen LogP) is 5.37. The molecule has 6 unspecified atom stereocenters. The van der Waals surface area contributed by atoms with Crippen LogP contribution in [0.5, 0.6) is 0 Å². The third-order valence-corrected chi connectivity index (χ3v) is 7.48. The second-order valence-corrected chi connectivity index (χ2v) is 11.6. The van der Waals surface area contributed by atoms with Gasteiger partial charge in [-0.3, -0.25) is 9.59 Å². The van der Waals surface area contributed by atoms with Crippen molar-refractivity contribution < 1.29 is 49.0 Å². The van der Waals surface area contributed by atoms with E-state index >= 15 is 0 Å². The highest BCUT2D eigenvalue weighted by atomic mass is 16.7. The Labute approximate surface area is 276 Å². The van der Waals surface area contributed by atoms with Gasteiger partial charge < -0.3 is 39.4 Å². The zero-order valence-electron chi connectivity index (χ0n) is 28.0. The molecule has 0 aromatic rings. The van der Waals surface area contributed by atoms with E-state index in [2.05, 4.69) is 62.5 Å². The first-order valence-corrected chi connectivity index (χ1v) is 17.2. The lowest BCUT2D eigenvalue weighted by Gasteiger charge is -2.39. The van der Waals surface area contributed by atoms with Crippen LogP contribution < -0.4 is 0 Å². The molecule has 264 valence electrons. The topological polar surface area (TPSA) is 152 Å². The zero-order chi connectivity index (χ0) is 33.8. The summed E-state index contributed by atoms with van der Waals surface area (Å²) < 4.78 is 21.8. The summed E-state index contributed by atoms with van der Waals surface area (Å²) in [4.78, 5) is 24.9. The van der Waals surface area contributed by atoms with Crippen LogP contribution in [0.3, 0.4) is 0 Å². The van der Waals surface area contributed by atoms with Crippen molar-refractivity contribution in [2.24, 2.45) is 0 Å². The lowest BCUT2D eigenvalue weighted by molar-refractivity contribution is -0.305. The van der Waals surface area contributed by atoms with Gasteiger partial charge in [0.25, 0.3) is 0 Å². The van der Waals surface area contributed by atoms with Gasteiger partial charge in [0.05, 0.1) is 13.2 Å². The molecule has 46 heavy (non-hydrogen) atoms. The molecule has 4 N–H and O–H groups in total. The number of hydrogen-bond donors (Lipinski definition) is 4. The molecule has 6 atom stereocenters. The summed E-state index contributed by atoms with van der Waals surface area (Å²) in [6.45, 7) is 3.15. The average Bonchev–Trinajstić information content (AvgIpc) is 3.05. The summed E-state index contributed by atoms with van der Waals surface area (Å²) in [6.07, 6.45) is 21.6. The number of rotatable bonds is 26. The van der Waals surface area contributed by atoms with Crippen molar-refractivity contribution in [1.82, 2.24) is 0 Å². The Kier molecular flexibility index (Phi) is 25.1. The Morgan fingerprint density at radius 2 is 1.28 bits per heavy atom. The first kappa shape index (κ1) is 41.7. The van der Waals surface area contributed by atoms with Crippen molar-refractivity contribution in [1.29, 1.82) is 0 Å². The maximum Gasteiger partial charge on any atom is 0.306 e. The highest BCUT2D eigenvalue weighted by Crippen LogP contribution is 2.22. The van der Waals surface area contributed by atoms with E-state index in [1.54, 1.807) is 0 Å². The fourth-order valence-electron chi connectivity index (χ4n) is 4.71. The largest absolute Gasteiger partial charge is 0.462 e. The van der Waals surface area contributed by atoms with E-state index in [-0.39, 0.29) is 26.1 Å². The average molecular weight is 653 g/mol. The van der Waals surface area contributed by atoms with Gasteiger partial charge in [-0.2, -0.15) is 0 Å². The van der Waals surface area contributed by atoms with E-state index in [0.717, 1.165) is 64.2 Å². The molecule has 1 aliphatic heterocycles. The molecule has 0 bridgehead atoms. The van der Waals surface area contributed by atoms with Crippen molar-refractivity contribution in [2.45, 2.75) is 147 Å². The molecule has 0 saturated carbocycles. The van der Waals surface area contributed by atoms with Gasteiger partial charge >= 0.3 is 11.9 Å². The van der Waals surface area contributed by atoms with Crippen molar-refractivity contribution in [2.75, 3.05) is 19.8 Å². The summed E-state index contributed by atoms with van der Waals surface area (Å²) in [5, 5.41) is 39.7. The molecular formula is C36H60O10. The van der Waals surface area contributed by atoms with Crippen molar-refractivity contribution in [3.05, 3.63) is 48.6 Å². The minimum Gasteiger partial charge on any atom is -0.462 e. The quantitative estimate of drug-likeness (QED) is 0.0545. The molecule has 0 aromatic heterocycles. The van der Waals surface area contributed by atoms with Crippen LogP contribution >= 0.6 is 0 Å². The number of esters is 2. The number of aliphatic hydroxyl groups excluding tert-OH is 4. The SMILES string of the molecule is CC/C=C\C/C=C\C/C=C\C/C=C\CCCCC(=O)OC(COC(=O)CCCCCCCC)COC1OC(CO)C(O)C(O)C1O. The molecule has 1 heterocycles. The Hall–Kier alpha value is -2.34. The number of hydrogen-bond acceptors (Lipinski definition) is 10. The molecular weight excluding hydrogens is 592 g/mol. The fourth-order valence-corrected chi connectivity index (χ4v) is 4.71. The van der Waals surface area contributed by atoms with Crippen LogP contribution in [0.2, 0.25) is 0 Å². The van der Waals surface area contributed by atoms with Crippen LogP contribution in [0.15, 0.2) is 48.6 Å². The van der Waals surface area contributed by atoms with Crippen molar-refractivity contribution >= 4 is 11.9 Å². The molecule has 0 amide bonds. The van der Waals surface area contributed by atoms with Crippen molar-refractivity contribution in [3.63, 3.8) is 0 Å². The highest BCUT2D eigenvalue weighted by Gasteiger charge is 2.44. The van der Waals surface area contributed by atoms with Crippen LogP contribution in [-0.4, -0.2) is 89.0 Å². The molecule has 1 rings (SSSR count). The standard InChI is InChI=1S/C36H60O10/c1-3-5-7-9-11-12-13-14-15-16-17-18-19-21-23-25-32(39)45-29(27-43-31(38)24-22-20-10-8-6-4-2)28-44-36-35(42)34(41)33(40)30(26-37)46-36/h5,7,11-12,14-15,17-18,29-30,33-37,40-42H,3-4,6,8-10,13,16,19-28H2,1-2H3/b7-5-,12-11-,15-14-,18-17-. The molecule has 1 fully saturated rings. The highest BCUT2D eigenvalue weighted by molar-refractivity contribution is 5.70. The Balaban J connectivity index is 2.46. The molecule has 0 aromatic carbocycles. The van der Waals surface area contributed by atoms with E-state index < -0.39 is 55.4 Å². The van der Waals surface area contributed by atoms with Crippen LogP contribution in [-0.2, 0) is 28.5 Å². The van der Waals surface area contributed by atoms with Gasteiger partial charge in [-0.15, -0.1) is 0 Å². The van der Waals surface area contributed by atoms with E-state index in [4.69, 9.17) is 18.9 Å². The summed E-state index contributed by atoms with van der Waals surface area (Å²) in [7, 11) is 0. The predicted molar refractivity (Wildman–Crippen MR) is 178 cm³/mol. The summed E-state index contributed by atoms with van der Waals surface area (Å²) in [6, 6.07) is 0. The number of carbonyl (C=O) groups excluding carboxylic acids is 2. The van der Waals surface area contributed by atoms with E-state index in [0.29, 0.717) is 12.8 Å². The fraction of sp³-hybridized carbons (Fsp3) is 0.722. The van der Waals surface area contributed by atoms with Gasteiger partial charge in [0.1, 0.15) is 31.0 Å². The Morgan fingerprint density at radius 3 is 1.93 bits per heavy atom. The molecule has 1 saturated heterocycles. The number of allylic oxidation sites excluding steroid dienone is 8. The van der Waals surface area contributed by atoms with E-state index in [9.17, 15) is 30.0 Å². The molecule has 1 aliphatic rings. The first-order valence-electron chi connectivity index (χ1n) is 17.2. The number of ether oxygens (including phenoxy) is 4. The Bertz CT molecular complexity index is 897. The number of carbonyl (C=O) groups is 2. The number of unbranched alkanes of at least 4 members (excludes halogenated alkanes) is 7. The van der Waals surface area contributed by atoms with Gasteiger partial charge in [-0.05, 0) is 51.4 Å². The third-order valence-electron chi connectivity index (χ3n) is 7.48. The molecule has 10 nitrogen and oxygen atoms in total. The molecule has 0 aliphatic carbocycles. The minimum absolute atomic E-state index is 0.176. The summed E-state index contributed by atoms with van der Waals surface area (Å²) in [5.74, 6) is -0.873. The van der Waals surface area contributed by atoms with Crippen LogP contribution in [0.25, 0.3) is 0 Å². The van der Waals surface area contributed by atoms with Crippen LogP contribution in [0.1, 0.15) is 110 Å². The lowest BCUT2D eigenvalue weighted by atomic mass is 9.99. The van der Waals surface area contributed by atoms with Gasteiger partial charge in [0, 0.05) is 12.8 Å². The smallest absolute Gasteiger partial charge is 0.306 e. The Morgan fingerprint density at radius 1 is 0.696 bits per heavy atom. The minimum atomic E-state index is -1.60. The van der Waals surface area contributed by atoms with Gasteiger partial charge in [-0.25, -0.2) is 0 Å². The third kappa shape index (κ3) is 20.0. The van der Waals surface area contributed by atoms with Gasteiger partial charge in [0.15, 0.2) is 12.4 Å².